The molecule has 1 aliphatic heterocycles. The third-order valence-electron chi connectivity index (χ3n) is 6.30. The molecule has 3 heterocycles. The summed E-state index contributed by atoms with van der Waals surface area (Å²) < 4.78 is 40.1. The lowest BCUT2D eigenvalue weighted by Crippen LogP contribution is -2.56. The third kappa shape index (κ3) is 5.75. The molecule has 0 aliphatic carbocycles. The van der Waals surface area contributed by atoms with Gasteiger partial charge in [-0.3, -0.25) is 9.69 Å². The predicted molar refractivity (Wildman–Crippen MR) is 121 cm³/mol. The molecule has 182 valence electrons. The standard InChI is InChI=1S/C24H34F3N5O/c1-15(2)21-19(11-30-32(21)20-8-7-18(10-28-20)24(25,26)27)22(33)29-14-23(5,6)31-12-16(3)9-17(4)13-31/h7-8,10-11,15-17H,9,12-14H2,1-6H3,(H,29,33)/t16-,17+. The normalized spacial score (nSPS) is 20.3. The first-order chi connectivity index (χ1) is 15.3. The van der Waals surface area contributed by atoms with E-state index >= 15 is 0 Å². The average Bonchev–Trinajstić information content (AvgIpc) is 3.16. The highest BCUT2D eigenvalue weighted by molar-refractivity contribution is 5.95. The van der Waals surface area contributed by atoms with Crippen molar-refractivity contribution in [2.45, 2.75) is 65.6 Å². The van der Waals surface area contributed by atoms with E-state index in [1.807, 2.05) is 13.8 Å². The number of pyridine rings is 1. The average molecular weight is 466 g/mol. The molecule has 0 spiro atoms. The fourth-order valence-corrected chi connectivity index (χ4v) is 4.61. The van der Waals surface area contributed by atoms with Crippen LogP contribution in [0.15, 0.2) is 24.5 Å². The highest BCUT2D eigenvalue weighted by Gasteiger charge is 2.34. The zero-order valence-electron chi connectivity index (χ0n) is 20.2. The SMILES string of the molecule is CC(C)c1c(C(=O)NCC(C)(C)N2C[C@H](C)C[C@H](C)C2)cnn1-c1ccc(C(F)(F)F)cn1. The van der Waals surface area contributed by atoms with Crippen molar-refractivity contribution in [3.63, 3.8) is 0 Å². The van der Waals surface area contributed by atoms with E-state index in [9.17, 15) is 18.0 Å². The number of amides is 1. The number of hydrogen-bond donors (Lipinski definition) is 1. The maximum Gasteiger partial charge on any atom is 0.417 e. The van der Waals surface area contributed by atoms with Crippen LogP contribution in [0.2, 0.25) is 0 Å². The lowest BCUT2D eigenvalue weighted by atomic mass is 9.88. The number of hydrogen-bond acceptors (Lipinski definition) is 4. The van der Waals surface area contributed by atoms with Crippen molar-refractivity contribution >= 4 is 5.91 Å². The molecule has 1 amide bonds. The molecule has 0 saturated carbocycles. The topological polar surface area (TPSA) is 63.1 Å². The molecule has 0 radical (unpaired) electrons. The highest BCUT2D eigenvalue weighted by Crippen LogP contribution is 2.30. The zero-order valence-corrected chi connectivity index (χ0v) is 20.2. The summed E-state index contributed by atoms with van der Waals surface area (Å²) in [7, 11) is 0. The van der Waals surface area contributed by atoms with Gasteiger partial charge in [0.05, 0.1) is 23.0 Å². The Kier molecular flexibility index (Phi) is 7.21. The van der Waals surface area contributed by atoms with Crippen molar-refractivity contribution in [3.8, 4) is 5.82 Å². The molecular formula is C24H34F3N5O. The van der Waals surface area contributed by atoms with Gasteiger partial charge in [-0.1, -0.05) is 27.7 Å². The first-order valence-electron chi connectivity index (χ1n) is 11.4. The Morgan fingerprint density at radius 2 is 1.79 bits per heavy atom. The summed E-state index contributed by atoms with van der Waals surface area (Å²) >= 11 is 0. The van der Waals surface area contributed by atoms with Gasteiger partial charge in [-0.2, -0.15) is 18.3 Å². The molecule has 33 heavy (non-hydrogen) atoms. The Labute approximate surface area is 193 Å². The van der Waals surface area contributed by atoms with Crippen LogP contribution in [0.5, 0.6) is 0 Å². The van der Waals surface area contributed by atoms with Crippen molar-refractivity contribution in [3.05, 3.63) is 41.3 Å². The second kappa shape index (κ2) is 9.44. The van der Waals surface area contributed by atoms with Gasteiger partial charge in [-0.25, -0.2) is 9.67 Å². The zero-order chi connectivity index (χ0) is 24.6. The fourth-order valence-electron chi connectivity index (χ4n) is 4.61. The summed E-state index contributed by atoms with van der Waals surface area (Å²) in [4.78, 5) is 19.5. The molecule has 0 unspecified atom stereocenters. The molecule has 2 atom stereocenters. The Bertz CT molecular complexity index is 955. The van der Waals surface area contributed by atoms with Crippen LogP contribution in [0.3, 0.4) is 0 Å². The monoisotopic (exact) mass is 465 g/mol. The van der Waals surface area contributed by atoms with Gasteiger partial charge in [0.25, 0.3) is 5.91 Å². The molecule has 1 fully saturated rings. The van der Waals surface area contributed by atoms with Gasteiger partial charge in [-0.15, -0.1) is 0 Å². The number of aromatic nitrogens is 3. The molecule has 0 aromatic carbocycles. The van der Waals surface area contributed by atoms with Gasteiger partial charge in [0.1, 0.15) is 0 Å². The molecule has 6 nitrogen and oxygen atoms in total. The molecule has 0 bridgehead atoms. The Hall–Kier alpha value is -2.42. The highest BCUT2D eigenvalue weighted by atomic mass is 19.4. The summed E-state index contributed by atoms with van der Waals surface area (Å²) in [6.07, 6.45) is -1.00. The van der Waals surface area contributed by atoms with Crippen LogP contribution in [0, 0.1) is 11.8 Å². The van der Waals surface area contributed by atoms with Crippen molar-refractivity contribution in [2.24, 2.45) is 11.8 Å². The van der Waals surface area contributed by atoms with Crippen LogP contribution >= 0.6 is 0 Å². The van der Waals surface area contributed by atoms with E-state index in [2.05, 4.69) is 48.0 Å². The Morgan fingerprint density at radius 1 is 1.15 bits per heavy atom. The molecule has 1 saturated heterocycles. The smallest absolute Gasteiger partial charge is 0.350 e. The minimum absolute atomic E-state index is 0.0888. The van der Waals surface area contributed by atoms with E-state index < -0.39 is 11.7 Å². The number of alkyl halides is 3. The summed E-state index contributed by atoms with van der Waals surface area (Å²) in [5.74, 6) is 1.14. The molecule has 3 rings (SSSR count). The quantitative estimate of drug-likeness (QED) is 0.660. The number of rotatable bonds is 6. The molecule has 2 aromatic heterocycles. The largest absolute Gasteiger partial charge is 0.417 e. The number of carbonyl (C=O) groups excluding carboxylic acids is 1. The minimum atomic E-state index is -4.46. The van der Waals surface area contributed by atoms with E-state index in [0.717, 1.165) is 25.4 Å². The molecule has 1 aliphatic rings. The lowest BCUT2D eigenvalue weighted by Gasteiger charge is -2.45. The van der Waals surface area contributed by atoms with Crippen LogP contribution < -0.4 is 5.32 Å². The number of carbonyl (C=O) groups is 1. The van der Waals surface area contributed by atoms with E-state index in [1.54, 1.807) is 0 Å². The van der Waals surface area contributed by atoms with Gasteiger partial charge < -0.3 is 5.32 Å². The van der Waals surface area contributed by atoms with Crippen LogP contribution in [0.25, 0.3) is 5.82 Å². The molecule has 2 aromatic rings. The first-order valence-corrected chi connectivity index (χ1v) is 11.4. The van der Waals surface area contributed by atoms with Gasteiger partial charge >= 0.3 is 6.18 Å². The lowest BCUT2D eigenvalue weighted by molar-refractivity contribution is -0.137. The van der Waals surface area contributed by atoms with Crippen molar-refractivity contribution < 1.29 is 18.0 Å². The Morgan fingerprint density at radius 3 is 2.30 bits per heavy atom. The van der Waals surface area contributed by atoms with E-state index in [1.165, 1.54) is 23.4 Å². The number of halogens is 3. The maximum atomic E-state index is 13.1. The fraction of sp³-hybridized carbons (Fsp3) is 0.625. The summed E-state index contributed by atoms with van der Waals surface area (Å²) in [6, 6.07) is 2.24. The van der Waals surface area contributed by atoms with E-state index in [-0.39, 0.29) is 23.2 Å². The van der Waals surface area contributed by atoms with Crippen LogP contribution in [-0.2, 0) is 6.18 Å². The van der Waals surface area contributed by atoms with Gasteiger partial charge in [0.15, 0.2) is 5.82 Å². The van der Waals surface area contributed by atoms with Crippen LogP contribution in [0.1, 0.15) is 75.5 Å². The van der Waals surface area contributed by atoms with Crippen molar-refractivity contribution in [1.29, 1.82) is 0 Å². The Balaban J connectivity index is 1.78. The second-order valence-electron chi connectivity index (χ2n) is 10.3. The number of nitrogens with zero attached hydrogens (tertiary/aromatic N) is 4. The van der Waals surface area contributed by atoms with Gasteiger partial charge in [0, 0.05) is 31.4 Å². The van der Waals surface area contributed by atoms with Gasteiger partial charge in [-0.05, 0) is 50.2 Å². The predicted octanol–water partition coefficient (Wildman–Crippen LogP) is 4.90. The number of piperidine rings is 1. The van der Waals surface area contributed by atoms with Crippen LogP contribution in [-0.4, -0.2) is 50.7 Å². The summed E-state index contributed by atoms with van der Waals surface area (Å²) in [5.41, 5.74) is -0.0200. The van der Waals surface area contributed by atoms with Crippen LogP contribution in [0.4, 0.5) is 13.2 Å². The van der Waals surface area contributed by atoms with Crippen molar-refractivity contribution in [1.82, 2.24) is 25.0 Å². The van der Waals surface area contributed by atoms with E-state index in [0.29, 0.717) is 29.6 Å². The number of likely N-dealkylation sites (tertiary alicyclic amines) is 1. The first kappa shape index (κ1) is 25.2. The second-order valence-corrected chi connectivity index (χ2v) is 10.3. The number of nitrogens with one attached hydrogen (secondary N) is 1. The minimum Gasteiger partial charge on any atom is -0.350 e. The third-order valence-corrected chi connectivity index (χ3v) is 6.30. The molecule has 1 N–H and O–H groups in total. The van der Waals surface area contributed by atoms with Crippen molar-refractivity contribution in [2.75, 3.05) is 19.6 Å². The summed E-state index contributed by atoms with van der Waals surface area (Å²) in [6.45, 7) is 15.1. The van der Waals surface area contributed by atoms with Gasteiger partial charge in [0.2, 0.25) is 0 Å². The molecular weight excluding hydrogens is 431 g/mol. The molecule has 9 heteroatoms. The summed E-state index contributed by atoms with van der Waals surface area (Å²) in [5, 5.41) is 7.33. The van der Waals surface area contributed by atoms with E-state index in [4.69, 9.17) is 0 Å². The maximum absolute atomic E-state index is 13.1.